The van der Waals surface area contributed by atoms with Gasteiger partial charge in [0.05, 0.1) is 10.8 Å². The minimum atomic E-state index is -0.258. The lowest BCUT2D eigenvalue weighted by Crippen LogP contribution is -2.52. The van der Waals surface area contributed by atoms with E-state index < -0.39 is 0 Å². The monoisotopic (exact) mass is 363 g/mol. The minimum Gasteiger partial charge on any atom is -0.339 e. The van der Waals surface area contributed by atoms with Gasteiger partial charge in [0.25, 0.3) is 5.91 Å². The number of hydrogen-bond acceptors (Lipinski definition) is 4. The third kappa shape index (κ3) is 3.71. The Kier molecular flexibility index (Phi) is 4.86. The highest BCUT2D eigenvalue weighted by Gasteiger charge is 2.41. The molecule has 7 heteroatoms. The molecule has 1 aromatic rings. The second kappa shape index (κ2) is 6.78. The van der Waals surface area contributed by atoms with Crippen LogP contribution in [0.1, 0.15) is 36.9 Å². The number of thiophene rings is 1. The number of nitrogens with zero attached hydrogens (tertiary/aromatic N) is 3. The summed E-state index contributed by atoms with van der Waals surface area (Å²) in [6.07, 6.45) is 0.296. The number of amides is 3. The molecule has 1 atom stereocenters. The lowest BCUT2D eigenvalue weighted by molar-refractivity contribution is -0.137. The molecule has 3 amide bonds. The molecule has 2 aliphatic heterocycles. The molecule has 1 unspecified atom stereocenters. The molecule has 3 rings (SSSR count). The zero-order chi connectivity index (χ0) is 18.2. The molecule has 1 aromatic heterocycles. The summed E-state index contributed by atoms with van der Waals surface area (Å²) in [5, 5.41) is 1.89. The molecule has 0 bridgehead atoms. The molecule has 2 fully saturated rings. The number of rotatable bonds is 2. The van der Waals surface area contributed by atoms with E-state index in [1.807, 2.05) is 43.2 Å². The maximum absolute atomic E-state index is 12.8. The second-order valence-electron chi connectivity index (χ2n) is 7.67. The summed E-state index contributed by atoms with van der Waals surface area (Å²) in [5.41, 5.74) is -0.252. The number of carbonyl (C=O) groups excluding carboxylic acids is 3. The first kappa shape index (κ1) is 17.9. The fourth-order valence-electron chi connectivity index (χ4n) is 3.47. The Bertz CT molecular complexity index is 658. The first-order valence-corrected chi connectivity index (χ1v) is 9.57. The van der Waals surface area contributed by atoms with Gasteiger partial charge in [-0.05, 0) is 32.2 Å². The molecule has 3 heterocycles. The van der Waals surface area contributed by atoms with E-state index in [2.05, 4.69) is 0 Å². The molecule has 136 valence electrons. The summed E-state index contributed by atoms with van der Waals surface area (Å²) >= 11 is 1.44. The number of piperazine rings is 1. The Morgan fingerprint density at radius 2 is 1.76 bits per heavy atom. The first-order valence-electron chi connectivity index (χ1n) is 8.69. The fourth-order valence-corrected chi connectivity index (χ4v) is 4.16. The Morgan fingerprint density at radius 1 is 1.12 bits per heavy atom. The quantitative estimate of drug-likeness (QED) is 0.803. The van der Waals surface area contributed by atoms with Gasteiger partial charge in [-0.15, -0.1) is 11.3 Å². The molecular weight excluding hydrogens is 338 g/mol. The highest BCUT2D eigenvalue weighted by atomic mass is 32.1. The normalized spacial score (nSPS) is 21.8. The van der Waals surface area contributed by atoms with E-state index in [0.717, 1.165) is 4.88 Å². The lowest BCUT2D eigenvalue weighted by Gasteiger charge is -2.36. The summed E-state index contributed by atoms with van der Waals surface area (Å²) < 4.78 is 0. The van der Waals surface area contributed by atoms with E-state index in [1.54, 1.807) is 9.80 Å². The zero-order valence-corrected chi connectivity index (χ0v) is 15.8. The van der Waals surface area contributed by atoms with Crippen LogP contribution in [0.2, 0.25) is 0 Å². The van der Waals surface area contributed by atoms with Gasteiger partial charge in [-0.25, -0.2) is 0 Å². The van der Waals surface area contributed by atoms with Crippen molar-refractivity contribution in [3.63, 3.8) is 0 Å². The second-order valence-corrected chi connectivity index (χ2v) is 8.62. The third-order valence-corrected chi connectivity index (χ3v) is 5.75. The minimum absolute atomic E-state index is 0.0389. The Morgan fingerprint density at radius 3 is 2.28 bits per heavy atom. The Hall–Kier alpha value is -1.89. The van der Waals surface area contributed by atoms with Crippen molar-refractivity contribution in [3.05, 3.63) is 22.4 Å². The summed E-state index contributed by atoms with van der Waals surface area (Å²) in [6, 6.07) is 3.70. The van der Waals surface area contributed by atoms with E-state index in [0.29, 0.717) is 39.1 Å². The highest BCUT2D eigenvalue weighted by Crippen LogP contribution is 2.27. The molecule has 2 aliphatic rings. The molecule has 0 radical (unpaired) electrons. The van der Waals surface area contributed by atoms with Gasteiger partial charge in [0.2, 0.25) is 11.8 Å². The number of carbonyl (C=O) groups is 3. The predicted octanol–water partition coefficient (Wildman–Crippen LogP) is 1.68. The predicted molar refractivity (Wildman–Crippen MR) is 96.4 cm³/mol. The molecular formula is C18H25N3O3S. The van der Waals surface area contributed by atoms with E-state index in [1.165, 1.54) is 11.3 Å². The van der Waals surface area contributed by atoms with Gasteiger partial charge in [-0.3, -0.25) is 14.4 Å². The van der Waals surface area contributed by atoms with Crippen molar-refractivity contribution in [2.45, 2.75) is 32.7 Å². The van der Waals surface area contributed by atoms with E-state index >= 15 is 0 Å². The molecule has 2 saturated heterocycles. The SMILES string of the molecule is CC(C)(C)N1CC(C(=O)N2CCN(C(=O)c3cccs3)CC2)CC1=O. The maximum atomic E-state index is 12.8. The number of hydrogen-bond donors (Lipinski definition) is 0. The van der Waals surface area contributed by atoms with Gasteiger partial charge in [0.15, 0.2) is 0 Å². The van der Waals surface area contributed by atoms with Gasteiger partial charge in [0, 0.05) is 44.7 Å². The van der Waals surface area contributed by atoms with E-state index in [-0.39, 0.29) is 29.2 Å². The van der Waals surface area contributed by atoms with Crippen LogP contribution >= 0.6 is 11.3 Å². The average molecular weight is 363 g/mol. The van der Waals surface area contributed by atoms with Crippen LogP contribution in [0.5, 0.6) is 0 Å². The van der Waals surface area contributed by atoms with Crippen LogP contribution in [-0.4, -0.2) is 70.7 Å². The van der Waals surface area contributed by atoms with Gasteiger partial charge in [0.1, 0.15) is 0 Å². The van der Waals surface area contributed by atoms with E-state index in [9.17, 15) is 14.4 Å². The zero-order valence-electron chi connectivity index (χ0n) is 15.0. The van der Waals surface area contributed by atoms with Crippen LogP contribution in [-0.2, 0) is 9.59 Å². The average Bonchev–Trinajstić information content (AvgIpc) is 3.22. The summed E-state index contributed by atoms with van der Waals surface area (Å²) in [6.45, 7) is 8.65. The van der Waals surface area contributed by atoms with Crippen LogP contribution in [0, 0.1) is 5.92 Å². The van der Waals surface area contributed by atoms with Crippen molar-refractivity contribution < 1.29 is 14.4 Å². The number of likely N-dealkylation sites (tertiary alicyclic amines) is 1. The van der Waals surface area contributed by atoms with Crippen LogP contribution in [0.15, 0.2) is 17.5 Å². The summed E-state index contributed by atoms with van der Waals surface area (Å²) in [7, 11) is 0. The molecule has 0 aromatic carbocycles. The van der Waals surface area contributed by atoms with Gasteiger partial charge in [-0.1, -0.05) is 6.07 Å². The summed E-state index contributed by atoms with van der Waals surface area (Å²) in [5.74, 6) is -0.121. The molecule has 0 spiro atoms. The molecule has 0 saturated carbocycles. The van der Waals surface area contributed by atoms with Crippen LogP contribution in [0.4, 0.5) is 0 Å². The maximum Gasteiger partial charge on any atom is 0.264 e. The Labute approximate surface area is 152 Å². The van der Waals surface area contributed by atoms with Gasteiger partial charge < -0.3 is 14.7 Å². The highest BCUT2D eigenvalue weighted by molar-refractivity contribution is 7.12. The van der Waals surface area contributed by atoms with Crippen molar-refractivity contribution in [1.29, 1.82) is 0 Å². The molecule has 25 heavy (non-hydrogen) atoms. The largest absolute Gasteiger partial charge is 0.339 e. The lowest BCUT2D eigenvalue weighted by atomic mass is 10.1. The smallest absolute Gasteiger partial charge is 0.264 e. The summed E-state index contributed by atoms with van der Waals surface area (Å²) in [4.78, 5) is 43.5. The van der Waals surface area contributed by atoms with Gasteiger partial charge in [-0.2, -0.15) is 0 Å². The molecule has 0 aliphatic carbocycles. The topological polar surface area (TPSA) is 60.9 Å². The van der Waals surface area contributed by atoms with Crippen LogP contribution in [0.25, 0.3) is 0 Å². The standard InChI is InChI=1S/C18H25N3O3S/c1-18(2,3)21-12-13(11-15(21)22)16(23)19-6-8-20(9-7-19)17(24)14-5-4-10-25-14/h4-5,10,13H,6-9,11-12H2,1-3H3. The van der Waals surface area contributed by atoms with Crippen molar-refractivity contribution in [1.82, 2.24) is 14.7 Å². The third-order valence-electron chi connectivity index (χ3n) is 4.89. The van der Waals surface area contributed by atoms with Gasteiger partial charge >= 0.3 is 0 Å². The van der Waals surface area contributed by atoms with Crippen molar-refractivity contribution >= 4 is 29.1 Å². The molecule has 0 N–H and O–H groups in total. The first-order chi connectivity index (χ1) is 11.8. The van der Waals surface area contributed by atoms with Crippen molar-refractivity contribution in [2.75, 3.05) is 32.7 Å². The van der Waals surface area contributed by atoms with Crippen molar-refractivity contribution in [3.8, 4) is 0 Å². The Balaban J connectivity index is 1.56. The fraction of sp³-hybridized carbons (Fsp3) is 0.611. The van der Waals surface area contributed by atoms with Crippen LogP contribution in [0.3, 0.4) is 0 Å². The van der Waals surface area contributed by atoms with Crippen molar-refractivity contribution in [2.24, 2.45) is 5.92 Å². The molecule has 6 nitrogen and oxygen atoms in total. The van der Waals surface area contributed by atoms with E-state index in [4.69, 9.17) is 0 Å². The van der Waals surface area contributed by atoms with Crippen LogP contribution < -0.4 is 0 Å².